The summed E-state index contributed by atoms with van der Waals surface area (Å²) in [5.74, 6) is -0.440. The van der Waals surface area contributed by atoms with Crippen molar-refractivity contribution in [1.82, 2.24) is 14.6 Å². The number of anilines is 1. The Morgan fingerprint density at radius 1 is 1.44 bits per heavy atom. The van der Waals surface area contributed by atoms with E-state index in [4.69, 9.17) is 5.73 Å². The Hall–Kier alpha value is -1.63. The standard InChI is InChI=1S/C11H16N4O2S/c1-2-13-10(16)8-7(12)9(18-14-8)11(17)15-5-3-4-6-15/h2-6,12H2,1H3,(H,13,16). The average Bonchev–Trinajstić information content (AvgIpc) is 2.97. The number of nitrogens with two attached hydrogens (primary N) is 1. The molecule has 0 unspecified atom stereocenters. The van der Waals surface area contributed by atoms with Gasteiger partial charge >= 0.3 is 0 Å². The van der Waals surface area contributed by atoms with Crippen LogP contribution < -0.4 is 11.1 Å². The van der Waals surface area contributed by atoms with E-state index in [0.717, 1.165) is 37.5 Å². The van der Waals surface area contributed by atoms with E-state index in [0.29, 0.717) is 11.4 Å². The number of carbonyl (C=O) groups is 2. The van der Waals surface area contributed by atoms with Gasteiger partial charge in [-0.2, -0.15) is 4.37 Å². The van der Waals surface area contributed by atoms with E-state index in [2.05, 4.69) is 9.69 Å². The Bertz CT molecular complexity index is 466. The van der Waals surface area contributed by atoms with Crippen molar-refractivity contribution < 1.29 is 9.59 Å². The van der Waals surface area contributed by atoms with Gasteiger partial charge in [0.2, 0.25) is 0 Å². The van der Waals surface area contributed by atoms with Gasteiger partial charge in [-0.05, 0) is 31.3 Å². The molecule has 7 heteroatoms. The summed E-state index contributed by atoms with van der Waals surface area (Å²) in [5.41, 5.74) is 6.20. The van der Waals surface area contributed by atoms with Crippen LogP contribution in [-0.4, -0.2) is 40.7 Å². The van der Waals surface area contributed by atoms with E-state index in [1.54, 1.807) is 4.90 Å². The van der Waals surface area contributed by atoms with Crippen LogP contribution in [0.25, 0.3) is 0 Å². The molecule has 0 atom stereocenters. The summed E-state index contributed by atoms with van der Waals surface area (Å²) in [4.78, 5) is 25.9. The van der Waals surface area contributed by atoms with Crippen molar-refractivity contribution in [3.05, 3.63) is 10.6 Å². The predicted octanol–water partition coefficient (Wildman–Crippen LogP) is 0.711. The Labute approximate surface area is 109 Å². The summed E-state index contributed by atoms with van der Waals surface area (Å²) in [5, 5.41) is 2.62. The zero-order valence-electron chi connectivity index (χ0n) is 10.2. The molecule has 6 nitrogen and oxygen atoms in total. The van der Waals surface area contributed by atoms with E-state index in [9.17, 15) is 9.59 Å². The van der Waals surface area contributed by atoms with Crippen LogP contribution in [0.3, 0.4) is 0 Å². The molecule has 2 rings (SSSR count). The van der Waals surface area contributed by atoms with Crippen LogP contribution in [0.4, 0.5) is 5.69 Å². The lowest BCUT2D eigenvalue weighted by molar-refractivity contribution is 0.0798. The quantitative estimate of drug-likeness (QED) is 0.845. The second-order valence-electron chi connectivity index (χ2n) is 4.13. The average molecular weight is 268 g/mol. The molecule has 2 amide bonds. The molecule has 18 heavy (non-hydrogen) atoms. The second-order valence-corrected chi connectivity index (χ2v) is 4.91. The lowest BCUT2D eigenvalue weighted by Gasteiger charge is -2.13. The van der Waals surface area contributed by atoms with E-state index >= 15 is 0 Å². The van der Waals surface area contributed by atoms with Crippen molar-refractivity contribution in [3.63, 3.8) is 0 Å². The smallest absolute Gasteiger partial charge is 0.273 e. The Morgan fingerprint density at radius 2 is 2.11 bits per heavy atom. The van der Waals surface area contributed by atoms with E-state index < -0.39 is 0 Å². The fraction of sp³-hybridized carbons (Fsp3) is 0.545. The van der Waals surface area contributed by atoms with Crippen LogP contribution in [0.15, 0.2) is 0 Å². The summed E-state index contributed by atoms with van der Waals surface area (Å²) in [6, 6.07) is 0. The fourth-order valence-corrected chi connectivity index (χ4v) is 2.69. The molecule has 0 saturated carbocycles. The van der Waals surface area contributed by atoms with Crippen molar-refractivity contribution in [2.24, 2.45) is 0 Å². The zero-order valence-corrected chi connectivity index (χ0v) is 11.0. The van der Waals surface area contributed by atoms with Gasteiger partial charge in [0.15, 0.2) is 5.69 Å². The van der Waals surface area contributed by atoms with Crippen LogP contribution in [0, 0.1) is 0 Å². The van der Waals surface area contributed by atoms with Crippen molar-refractivity contribution in [3.8, 4) is 0 Å². The van der Waals surface area contributed by atoms with Gasteiger partial charge in [-0.15, -0.1) is 0 Å². The second kappa shape index (κ2) is 5.34. The van der Waals surface area contributed by atoms with Gasteiger partial charge in [0, 0.05) is 19.6 Å². The molecule has 0 aromatic carbocycles. The highest BCUT2D eigenvalue weighted by Gasteiger charge is 2.26. The first-order valence-electron chi connectivity index (χ1n) is 5.97. The molecule has 0 radical (unpaired) electrons. The number of hydrogen-bond acceptors (Lipinski definition) is 5. The summed E-state index contributed by atoms with van der Waals surface area (Å²) in [7, 11) is 0. The number of nitrogens with one attached hydrogen (secondary N) is 1. The number of rotatable bonds is 3. The fourth-order valence-electron chi connectivity index (χ4n) is 1.92. The minimum absolute atomic E-state index is 0.113. The van der Waals surface area contributed by atoms with Gasteiger partial charge in [0.1, 0.15) is 4.88 Å². The lowest BCUT2D eigenvalue weighted by Crippen LogP contribution is -2.28. The van der Waals surface area contributed by atoms with Crippen LogP contribution in [0.2, 0.25) is 0 Å². The normalized spacial score (nSPS) is 14.8. The first-order valence-corrected chi connectivity index (χ1v) is 6.75. The third-order valence-corrected chi connectivity index (χ3v) is 3.72. The summed E-state index contributed by atoms with van der Waals surface area (Å²) in [6.45, 7) is 3.83. The Balaban J connectivity index is 2.19. The number of likely N-dealkylation sites (tertiary alicyclic amines) is 1. The molecule has 98 valence electrons. The molecule has 1 saturated heterocycles. The maximum Gasteiger partial charge on any atom is 0.273 e. The summed E-state index contributed by atoms with van der Waals surface area (Å²) >= 11 is 0.998. The number of nitrogens with zero attached hydrogens (tertiary/aromatic N) is 2. The Morgan fingerprint density at radius 3 is 2.72 bits per heavy atom. The molecule has 2 heterocycles. The molecule has 1 aromatic rings. The SMILES string of the molecule is CCNC(=O)c1nsc(C(=O)N2CCCC2)c1N. The molecule has 0 bridgehead atoms. The number of carbonyl (C=O) groups excluding carboxylic acids is 2. The van der Waals surface area contributed by atoms with Crippen LogP contribution >= 0.6 is 11.5 Å². The van der Waals surface area contributed by atoms with Crippen LogP contribution in [-0.2, 0) is 0 Å². The van der Waals surface area contributed by atoms with Gasteiger partial charge in [0.25, 0.3) is 11.8 Å². The molecule has 1 aliphatic heterocycles. The van der Waals surface area contributed by atoms with Gasteiger partial charge in [0.05, 0.1) is 5.69 Å². The number of nitrogen functional groups attached to an aromatic ring is 1. The number of aromatic nitrogens is 1. The number of amides is 2. The first-order chi connectivity index (χ1) is 8.65. The molecule has 1 fully saturated rings. The number of hydrogen-bond donors (Lipinski definition) is 2. The molecule has 3 N–H and O–H groups in total. The molecule has 0 spiro atoms. The highest BCUT2D eigenvalue weighted by atomic mass is 32.1. The summed E-state index contributed by atoms with van der Waals surface area (Å²) in [6.07, 6.45) is 2.04. The lowest BCUT2D eigenvalue weighted by atomic mass is 10.2. The van der Waals surface area contributed by atoms with Crippen molar-refractivity contribution in [2.75, 3.05) is 25.4 Å². The molecule has 1 aromatic heterocycles. The first kappa shape index (κ1) is 12.8. The van der Waals surface area contributed by atoms with E-state index in [1.807, 2.05) is 6.92 Å². The van der Waals surface area contributed by atoms with E-state index in [-0.39, 0.29) is 23.2 Å². The molecule has 1 aliphatic rings. The molecular weight excluding hydrogens is 252 g/mol. The third-order valence-electron chi connectivity index (χ3n) is 2.87. The zero-order chi connectivity index (χ0) is 13.1. The topological polar surface area (TPSA) is 88.3 Å². The van der Waals surface area contributed by atoms with Gasteiger partial charge in [-0.1, -0.05) is 0 Å². The van der Waals surface area contributed by atoms with Crippen molar-refractivity contribution in [2.45, 2.75) is 19.8 Å². The van der Waals surface area contributed by atoms with Gasteiger partial charge in [-0.3, -0.25) is 9.59 Å². The third kappa shape index (κ3) is 2.31. The maximum atomic E-state index is 12.1. The van der Waals surface area contributed by atoms with Crippen LogP contribution in [0.1, 0.15) is 39.9 Å². The minimum Gasteiger partial charge on any atom is -0.395 e. The highest BCUT2D eigenvalue weighted by Crippen LogP contribution is 2.24. The Kier molecular flexibility index (Phi) is 3.81. The van der Waals surface area contributed by atoms with E-state index in [1.165, 1.54) is 0 Å². The van der Waals surface area contributed by atoms with Gasteiger partial charge in [-0.25, -0.2) is 0 Å². The summed E-state index contributed by atoms with van der Waals surface area (Å²) < 4.78 is 3.98. The monoisotopic (exact) mass is 268 g/mol. The highest BCUT2D eigenvalue weighted by molar-refractivity contribution is 7.09. The largest absolute Gasteiger partial charge is 0.395 e. The molecule has 0 aliphatic carbocycles. The van der Waals surface area contributed by atoms with Gasteiger partial charge < -0.3 is 16.0 Å². The van der Waals surface area contributed by atoms with Crippen LogP contribution in [0.5, 0.6) is 0 Å². The predicted molar refractivity (Wildman–Crippen MR) is 69.7 cm³/mol. The van der Waals surface area contributed by atoms with Crippen molar-refractivity contribution in [1.29, 1.82) is 0 Å². The molecular formula is C11H16N4O2S. The van der Waals surface area contributed by atoms with Crippen molar-refractivity contribution >= 4 is 29.0 Å². The maximum absolute atomic E-state index is 12.1. The minimum atomic E-state index is -0.327.